The van der Waals surface area contributed by atoms with Crippen LogP contribution in [0.3, 0.4) is 0 Å². The van der Waals surface area contributed by atoms with Gasteiger partial charge in [0.25, 0.3) is 0 Å². The fraction of sp³-hybridized carbons (Fsp3) is 0.455. The molecule has 0 aromatic heterocycles. The van der Waals surface area contributed by atoms with E-state index in [0.717, 1.165) is 17.1 Å². The van der Waals surface area contributed by atoms with Crippen LogP contribution in [0, 0.1) is 0 Å². The van der Waals surface area contributed by atoms with E-state index in [1.807, 2.05) is 18.2 Å². The molecule has 0 amide bonds. The molecule has 1 aromatic carbocycles. The van der Waals surface area contributed by atoms with Gasteiger partial charge in [0.1, 0.15) is 13.2 Å². The van der Waals surface area contributed by atoms with Gasteiger partial charge >= 0.3 is 0 Å². The monoisotopic (exact) mass is 245 g/mol. The van der Waals surface area contributed by atoms with Gasteiger partial charge in [0.2, 0.25) is 0 Å². The standard InChI is InChI=1S/C11H15NO3.ClH/c12-9(3-4-13)8-1-2-10-11(7-8)15-6-5-14-10;/h1-2,7,9,13H,3-6,12H2;1H. The van der Waals surface area contributed by atoms with Gasteiger partial charge in [-0.25, -0.2) is 0 Å². The second kappa shape index (κ2) is 5.94. The van der Waals surface area contributed by atoms with Crippen molar-refractivity contribution in [2.24, 2.45) is 5.73 Å². The molecule has 0 saturated carbocycles. The predicted molar refractivity (Wildman–Crippen MR) is 63.3 cm³/mol. The van der Waals surface area contributed by atoms with Gasteiger partial charge in [0, 0.05) is 12.6 Å². The molecule has 0 radical (unpaired) electrons. The highest BCUT2D eigenvalue weighted by Crippen LogP contribution is 2.32. The highest BCUT2D eigenvalue weighted by molar-refractivity contribution is 5.85. The lowest BCUT2D eigenvalue weighted by molar-refractivity contribution is 0.171. The fourth-order valence-electron chi connectivity index (χ4n) is 1.60. The fourth-order valence-corrected chi connectivity index (χ4v) is 1.60. The van der Waals surface area contributed by atoms with E-state index in [2.05, 4.69) is 0 Å². The van der Waals surface area contributed by atoms with Crippen molar-refractivity contribution in [3.05, 3.63) is 23.8 Å². The smallest absolute Gasteiger partial charge is 0.161 e. The first-order chi connectivity index (χ1) is 7.31. The lowest BCUT2D eigenvalue weighted by Gasteiger charge is -2.20. The summed E-state index contributed by atoms with van der Waals surface area (Å²) in [4.78, 5) is 0. The maximum Gasteiger partial charge on any atom is 0.161 e. The van der Waals surface area contributed by atoms with Crippen molar-refractivity contribution < 1.29 is 14.6 Å². The van der Waals surface area contributed by atoms with Crippen molar-refractivity contribution >= 4 is 12.4 Å². The maximum atomic E-state index is 8.80. The quantitative estimate of drug-likeness (QED) is 0.842. The van der Waals surface area contributed by atoms with Gasteiger partial charge in [-0.15, -0.1) is 12.4 Å². The van der Waals surface area contributed by atoms with Crippen molar-refractivity contribution in [2.75, 3.05) is 19.8 Å². The zero-order valence-corrected chi connectivity index (χ0v) is 9.70. The largest absolute Gasteiger partial charge is 0.486 e. The van der Waals surface area contributed by atoms with Crippen LogP contribution in [0.1, 0.15) is 18.0 Å². The zero-order chi connectivity index (χ0) is 10.7. The van der Waals surface area contributed by atoms with Crippen LogP contribution in [0.5, 0.6) is 11.5 Å². The number of benzene rings is 1. The van der Waals surface area contributed by atoms with Gasteiger partial charge in [0.15, 0.2) is 11.5 Å². The van der Waals surface area contributed by atoms with Crippen LogP contribution in [-0.4, -0.2) is 24.9 Å². The lowest BCUT2D eigenvalue weighted by Crippen LogP contribution is -2.17. The van der Waals surface area contributed by atoms with E-state index in [1.54, 1.807) is 0 Å². The topological polar surface area (TPSA) is 64.7 Å². The lowest BCUT2D eigenvalue weighted by atomic mass is 10.0. The number of aliphatic hydroxyl groups excluding tert-OH is 1. The minimum Gasteiger partial charge on any atom is -0.486 e. The molecule has 1 atom stereocenters. The molecule has 2 rings (SSSR count). The summed E-state index contributed by atoms with van der Waals surface area (Å²) in [6.07, 6.45) is 0.555. The van der Waals surface area contributed by atoms with E-state index in [1.165, 1.54) is 0 Å². The van der Waals surface area contributed by atoms with E-state index in [4.69, 9.17) is 20.3 Å². The van der Waals surface area contributed by atoms with Crippen molar-refractivity contribution in [3.63, 3.8) is 0 Å². The average Bonchev–Trinajstić information content (AvgIpc) is 2.29. The molecule has 0 aliphatic carbocycles. The van der Waals surface area contributed by atoms with Gasteiger partial charge in [-0.1, -0.05) is 6.07 Å². The summed E-state index contributed by atoms with van der Waals surface area (Å²) in [5.41, 5.74) is 6.85. The summed E-state index contributed by atoms with van der Waals surface area (Å²) < 4.78 is 10.9. The van der Waals surface area contributed by atoms with Crippen LogP contribution < -0.4 is 15.2 Å². The number of hydrogen-bond donors (Lipinski definition) is 2. The van der Waals surface area contributed by atoms with Gasteiger partial charge in [-0.05, 0) is 24.1 Å². The third-order valence-electron chi connectivity index (χ3n) is 2.43. The van der Waals surface area contributed by atoms with Gasteiger partial charge in [0.05, 0.1) is 0 Å². The number of halogens is 1. The Labute approximate surface area is 101 Å². The Morgan fingerprint density at radius 2 is 1.94 bits per heavy atom. The molecule has 16 heavy (non-hydrogen) atoms. The summed E-state index contributed by atoms with van der Waals surface area (Å²) in [7, 11) is 0. The number of fused-ring (bicyclic) bond motifs is 1. The summed E-state index contributed by atoms with van der Waals surface area (Å²) in [5, 5.41) is 8.80. The maximum absolute atomic E-state index is 8.80. The summed E-state index contributed by atoms with van der Waals surface area (Å²) in [5.74, 6) is 1.51. The van der Waals surface area contributed by atoms with Crippen LogP contribution in [0.15, 0.2) is 18.2 Å². The molecule has 0 saturated heterocycles. The Morgan fingerprint density at radius 1 is 1.25 bits per heavy atom. The third kappa shape index (κ3) is 2.78. The molecule has 1 aromatic rings. The Kier molecular flexibility index (Phi) is 4.86. The number of ether oxygens (including phenoxy) is 2. The Balaban J connectivity index is 0.00000128. The second-order valence-electron chi connectivity index (χ2n) is 3.52. The second-order valence-corrected chi connectivity index (χ2v) is 3.52. The number of nitrogens with two attached hydrogens (primary N) is 1. The van der Waals surface area contributed by atoms with Crippen molar-refractivity contribution in [1.82, 2.24) is 0 Å². The number of hydrogen-bond acceptors (Lipinski definition) is 4. The van der Waals surface area contributed by atoms with E-state index >= 15 is 0 Å². The molecule has 0 spiro atoms. The molecule has 0 bridgehead atoms. The Bertz CT molecular complexity index is 346. The highest BCUT2D eigenvalue weighted by atomic mass is 35.5. The van der Waals surface area contributed by atoms with Crippen LogP contribution in [0.4, 0.5) is 0 Å². The molecule has 3 N–H and O–H groups in total. The number of rotatable bonds is 3. The SMILES string of the molecule is Cl.NC(CCO)c1ccc2c(c1)OCCO2. The first-order valence-corrected chi connectivity index (χ1v) is 5.07. The van der Waals surface area contributed by atoms with E-state index in [0.29, 0.717) is 19.6 Å². The van der Waals surface area contributed by atoms with Crippen molar-refractivity contribution in [2.45, 2.75) is 12.5 Å². The number of aliphatic hydroxyl groups is 1. The normalized spacial score (nSPS) is 15.1. The molecule has 1 aliphatic heterocycles. The van der Waals surface area contributed by atoms with Crippen LogP contribution in [0.25, 0.3) is 0 Å². The third-order valence-corrected chi connectivity index (χ3v) is 2.43. The molecule has 1 aliphatic rings. The summed E-state index contributed by atoms with van der Waals surface area (Å²) in [6.45, 7) is 1.26. The highest BCUT2D eigenvalue weighted by Gasteiger charge is 2.14. The Hall–Kier alpha value is -0.970. The molecular formula is C11H16ClNO3. The van der Waals surface area contributed by atoms with E-state index < -0.39 is 0 Å². The van der Waals surface area contributed by atoms with Gasteiger partial charge < -0.3 is 20.3 Å². The molecular weight excluding hydrogens is 230 g/mol. The van der Waals surface area contributed by atoms with E-state index in [-0.39, 0.29) is 25.1 Å². The molecule has 90 valence electrons. The van der Waals surface area contributed by atoms with Crippen LogP contribution in [0.2, 0.25) is 0 Å². The summed E-state index contributed by atoms with van der Waals surface area (Å²) >= 11 is 0. The molecule has 1 unspecified atom stereocenters. The van der Waals surface area contributed by atoms with Gasteiger partial charge in [-0.2, -0.15) is 0 Å². The van der Waals surface area contributed by atoms with Crippen molar-refractivity contribution in [1.29, 1.82) is 0 Å². The summed E-state index contributed by atoms with van der Waals surface area (Å²) in [6, 6.07) is 5.51. The molecule has 0 fully saturated rings. The van der Waals surface area contributed by atoms with Crippen molar-refractivity contribution in [3.8, 4) is 11.5 Å². The average molecular weight is 246 g/mol. The first kappa shape index (κ1) is 13.1. The minimum atomic E-state index is -0.147. The minimum absolute atomic E-state index is 0. The van der Waals surface area contributed by atoms with Crippen LogP contribution >= 0.6 is 12.4 Å². The molecule has 1 heterocycles. The van der Waals surface area contributed by atoms with Crippen LogP contribution in [-0.2, 0) is 0 Å². The predicted octanol–water partition coefficient (Wildman–Crippen LogP) is 1.26. The van der Waals surface area contributed by atoms with E-state index in [9.17, 15) is 0 Å². The zero-order valence-electron chi connectivity index (χ0n) is 8.89. The first-order valence-electron chi connectivity index (χ1n) is 5.07. The van der Waals surface area contributed by atoms with Gasteiger partial charge in [-0.3, -0.25) is 0 Å². The Morgan fingerprint density at radius 3 is 2.62 bits per heavy atom. The molecule has 5 heteroatoms. The molecule has 4 nitrogen and oxygen atoms in total.